The van der Waals surface area contributed by atoms with Gasteiger partial charge in [-0.3, -0.25) is 24.0 Å². The van der Waals surface area contributed by atoms with Gasteiger partial charge in [-0.2, -0.15) is 0 Å². The van der Waals surface area contributed by atoms with E-state index in [0.29, 0.717) is 6.42 Å². The predicted octanol–water partition coefficient (Wildman–Crippen LogP) is 3.81. The smallest absolute Gasteiger partial charge is 0.305 e. The van der Waals surface area contributed by atoms with Crippen LogP contribution in [0.4, 0.5) is 0 Å². The van der Waals surface area contributed by atoms with Crippen molar-refractivity contribution in [3.8, 4) is 0 Å². The molecule has 0 N–H and O–H groups in total. The molecule has 0 aromatic carbocycles. The maximum Gasteiger partial charge on any atom is 0.305 e. The Morgan fingerprint density at radius 3 is 1.40 bits per heavy atom. The van der Waals surface area contributed by atoms with Crippen LogP contribution in [0, 0.1) is 0 Å². The summed E-state index contributed by atoms with van der Waals surface area (Å²) in [6.07, 6.45) is 6.23. The molecular formula is C25H42O10. The van der Waals surface area contributed by atoms with Crippen LogP contribution in [0.5, 0.6) is 0 Å². The van der Waals surface area contributed by atoms with E-state index in [4.69, 9.17) is 23.7 Å². The lowest BCUT2D eigenvalue weighted by atomic mass is 10.1. The third kappa shape index (κ3) is 18.4. The van der Waals surface area contributed by atoms with Crippen molar-refractivity contribution in [2.24, 2.45) is 0 Å². The molecule has 10 nitrogen and oxygen atoms in total. The van der Waals surface area contributed by atoms with Gasteiger partial charge in [0.1, 0.15) is 13.2 Å². The second kappa shape index (κ2) is 19.6. The Labute approximate surface area is 208 Å². The average Bonchev–Trinajstić information content (AvgIpc) is 2.76. The molecule has 0 heterocycles. The van der Waals surface area contributed by atoms with Crippen molar-refractivity contribution in [2.45, 2.75) is 117 Å². The van der Waals surface area contributed by atoms with Crippen molar-refractivity contribution in [1.29, 1.82) is 0 Å². The molecule has 10 heteroatoms. The van der Waals surface area contributed by atoms with E-state index in [1.54, 1.807) is 0 Å². The van der Waals surface area contributed by atoms with Crippen molar-refractivity contribution in [3.05, 3.63) is 0 Å². The molecule has 3 atom stereocenters. The van der Waals surface area contributed by atoms with Gasteiger partial charge in [0, 0.05) is 34.1 Å². The number of unbranched alkanes of at least 4 members (excludes halogenated alkanes) is 8. The molecular weight excluding hydrogens is 460 g/mol. The number of hydrogen-bond donors (Lipinski definition) is 0. The van der Waals surface area contributed by atoms with E-state index in [9.17, 15) is 24.0 Å². The van der Waals surface area contributed by atoms with Crippen molar-refractivity contribution in [1.82, 2.24) is 0 Å². The number of carbonyl (C=O) groups excluding carboxylic acids is 5. The second-order valence-corrected chi connectivity index (χ2v) is 8.43. The molecule has 202 valence electrons. The molecule has 0 aliphatic heterocycles. The largest absolute Gasteiger partial charge is 0.462 e. The van der Waals surface area contributed by atoms with Gasteiger partial charge in [0.05, 0.1) is 0 Å². The van der Waals surface area contributed by atoms with Crippen LogP contribution in [-0.2, 0) is 47.7 Å². The normalized spacial score (nSPS) is 13.2. The SMILES string of the molecule is CCCCCCCCCCCC(=O)OCC(OC(C)=O)C(OC(C)=O)C(COC(C)=O)OC(C)=O. The molecule has 0 saturated heterocycles. The molecule has 0 radical (unpaired) electrons. The van der Waals surface area contributed by atoms with Gasteiger partial charge in [0.2, 0.25) is 0 Å². The Morgan fingerprint density at radius 1 is 0.543 bits per heavy atom. The van der Waals surface area contributed by atoms with E-state index in [1.165, 1.54) is 32.1 Å². The number of hydrogen-bond acceptors (Lipinski definition) is 10. The summed E-state index contributed by atoms with van der Waals surface area (Å²) in [5.74, 6) is -3.36. The molecule has 3 unspecified atom stereocenters. The van der Waals surface area contributed by atoms with Crippen molar-refractivity contribution in [3.63, 3.8) is 0 Å². The van der Waals surface area contributed by atoms with Gasteiger partial charge in [-0.05, 0) is 6.42 Å². The minimum Gasteiger partial charge on any atom is -0.462 e. The number of ether oxygens (including phenoxy) is 5. The van der Waals surface area contributed by atoms with Crippen LogP contribution in [0.3, 0.4) is 0 Å². The fourth-order valence-electron chi connectivity index (χ4n) is 3.43. The second-order valence-electron chi connectivity index (χ2n) is 8.43. The third-order valence-electron chi connectivity index (χ3n) is 5.01. The number of esters is 5. The molecule has 0 spiro atoms. The van der Waals surface area contributed by atoms with Gasteiger partial charge in [0.15, 0.2) is 18.3 Å². The summed E-state index contributed by atoms with van der Waals surface area (Å²) in [6.45, 7) is 5.84. The van der Waals surface area contributed by atoms with Crippen LogP contribution in [-0.4, -0.2) is 61.4 Å². The van der Waals surface area contributed by atoms with Crippen LogP contribution in [0.25, 0.3) is 0 Å². The zero-order valence-electron chi connectivity index (χ0n) is 21.8. The van der Waals surface area contributed by atoms with E-state index in [2.05, 4.69) is 6.92 Å². The van der Waals surface area contributed by atoms with E-state index in [-0.39, 0.29) is 6.42 Å². The highest BCUT2D eigenvalue weighted by Gasteiger charge is 2.38. The standard InChI is InChI=1S/C25H42O10/c1-6-7-8-9-10-11-12-13-14-15-24(30)32-17-23(34-20(4)28)25(35-21(5)29)22(33-19(3)27)16-31-18(2)26/h22-23,25H,6-17H2,1-5H3. The van der Waals surface area contributed by atoms with Crippen LogP contribution in [0.2, 0.25) is 0 Å². The predicted molar refractivity (Wildman–Crippen MR) is 126 cm³/mol. The zero-order chi connectivity index (χ0) is 26.6. The summed E-state index contributed by atoms with van der Waals surface area (Å²) < 4.78 is 25.7. The molecule has 0 aromatic heterocycles. The Bertz CT molecular complexity index is 661. The molecule has 0 rings (SSSR count). The van der Waals surface area contributed by atoms with Crippen molar-refractivity contribution >= 4 is 29.8 Å². The molecule has 0 aliphatic carbocycles. The fraction of sp³-hybridized carbons (Fsp3) is 0.800. The highest BCUT2D eigenvalue weighted by atomic mass is 16.6. The number of rotatable bonds is 19. The maximum absolute atomic E-state index is 12.2. The molecule has 0 aliphatic rings. The van der Waals surface area contributed by atoms with E-state index < -0.39 is 61.4 Å². The average molecular weight is 503 g/mol. The van der Waals surface area contributed by atoms with Crippen molar-refractivity contribution < 1.29 is 47.7 Å². The Kier molecular flexibility index (Phi) is 18.1. The van der Waals surface area contributed by atoms with Gasteiger partial charge in [-0.1, -0.05) is 58.3 Å². The van der Waals surface area contributed by atoms with E-state index >= 15 is 0 Å². The molecule has 0 aromatic rings. The first kappa shape index (κ1) is 32.4. The lowest BCUT2D eigenvalue weighted by Gasteiger charge is -2.31. The summed E-state index contributed by atoms with van der Waals surface area (Å²) in [5.41, 5.74) is 0. The first-order valence-electron chi connectivity index (χ1n) is 12.4. The molecule has 0 saturated carbocycles. The van der Waals surface area contributed by atoms with E-state index in [1.807, 2.05) is 0 Å². The van der Waals surface area contributed by atoms with Crippen LogP contribution in [0.1, 0.15) is 98.8 Å². The van der Waals surface area contributed by atoms with Crippen molar-refractivity contribution in [2.75, 3.05) is 13.2 Å². The molecule has 35 heavy (non-hydrogen) atoms. The molecule has 0 bridgehead atoms. The van der Waals surface area contributed by atoms with Gasteiger partial charge in [-0.25, -0.2) is 0 Å². The Balaban J connectivity index is 4.92. The van der Waals surface area contributed by atoms with Gasteiger partial charge in [-0.15, -0.1) is 0 Å². The van der Waals surface area contributed by atoms with Crippen LogP contribution in [0.15, 0.2) is 0 Å². The van der Waals surface area contributed by atoms with Crippen LogP contribution < -0.4 is 0 Å². The van der Waals surface area contributed by atoms with Gasteiger partial charge >= 0.3 is 29.8 Å². The highest BCUT2D eigenvalue weighted by Crippen LogP contribution is 2.17. The first-order chi connectivity index (χ1) is 16.6. The minimum atomic E-state index is -1.36. The summed E-state index contributed by atoms with van der Waals surface area (Å²) >= 11 is 0. The van der Waals surface area contributed by atoms with Gasteiger partial charge < -0.3 is 23.7 Å². The Hall–Kier alpha value is -2.65. The minimum absolute atomic E-state index is 0.196. The monoisotopic (exact) mass is 502 g/mol. The van der Waals surface area contributed by atoms with Gasteiger partial charge in [0.25, 0.3) is 0 Å². The summed E-state index contributed by atoms with van der Waals surface area (Å²) in [5, 5.41) is 0. The first-order valence-corrected chi connectivity index (χ1v) is 12.4. The quantitative estimate of drug-likeness (QED) is 0.146. The summed E-state index contributed by atoms with van der Waals surface area (Å²) in [6, 6.07) is 0. The third-order valence-corrected chi connectivity index (χ3v) is 5.01. The maximum atomic E-state index is 12.2. The topological polar surface area (TPSA) is 132 Å². The molecule has 0 fully saturated rings. The molecule has 0 amide bonds. The lowest BCUT2D eigenvalue weighted by molar-refractivity contribution is -0.194. The summed E-state index contributed by atoms with van der Waals surface area (Å²) in [7, 11) is 0. The Morgan fingerprint density at radius 2 is 0.971 bits per heavy atom. The summed E-state index contributed by atoms with van der Waals surface area (Å²) in [4.78, 5) is 58.4. The number of carbonyl (C=O) groups is 5. The lowest BCUT2D eigenvalue weighted by Crippen LogP contribution is -2.49. The van der Waals surface area contributed by atoms with Crippen LogP contribution >= 0.6 is 0 Å². The zero-order valence-corrected chi connectivity index (χ0v) is 21.8. The highest BCUT2D eigenvalue weighted by molar-refractivity contribution is 5.70. The fourth-order valence-corrected chi connectivity index (χ4v) is 3.43. The van der Waals surface area contributed by atoms with E-state index in [0.717, 1.165) is 47.0 Å².